The minimum atomic E-state index is -4.95. The van der Waals surface area contributed by atoms with Crippen molar-refractivity contribution in [2.75, 3.05) is 11.9 Å². The van der Waals surface area contributed by atoms with Crippen LogP contribution >= 0.6 is 0 Å². The highest BCUT2D eigenvalue weighted by Gasteiger charge is 2.36. The van der Waals surface area contributed by atoms with Crippen molar-refractivity contribution >= 4 is 17.5 Å². The summed E-state index contributed by atoms with van der Waals surface area (Å²) in [4.78, 5) is 24.1. The van der Waals surface area contributed by atoms with Gasteiger partial charge in [-0.3, -0.25) is 14.9 Å². The van der Waals surface area contributed by atoms with Crippen LogP contribution in [0.1, 0.15) is 32.6 Å². The SMILES string of the molecule is O=C(CNCc1cc(C(F)(F)F)cc(C(F)(F)F)c1)Nc1ccc(C#CNC(=O)c2ccccc2)cc1. The van der Waals surface area contributed by atoms with Crippen molar-refractivity contribution in [2.24, 2.45) is 0 Å². The van der Waals surface area contributed by atoms with E-state index in [9.17, 15) is 35.9 Å². The summed E-state index contributed by atoms with van der Waals surface area (Å²) in [5.74, 6) is 1.83. The lowest BCUT2D eigenvalue weighted by molar-refractivity contribution is -0.143. The van der Waals surface area contributed by atoms with Gasteiger partial charge in [-0.05, 0) is 66.1 Å². The van der Waals surface area contributed by atoms with Crippen molar-refractivity contribution in [3.05, 3.63) is 101 Å². The molecule has 0 spiro atoms. The van der Waals surface area contributed by atoms with Crippen LogP contribution in [0.15, 0.2) is 72.8 Å². The zero-order chi connectivity index (χ0) is 27.1. The molecule has 11 heteroatoms. The quantitative estimate of drug-likeness (QED) is 0.239. The van der Waals surface area contributed by atoms with E-state index in [1.54, 1.807) is 54.6 Å². The Morgan fingerprint density at radius 2 is 1.38 bits per heavy atom. The molecule has 192 valence electrons. The van der Waals surface area contributed by atoms with Crippen LogP contribution in [0.4, 0.5) is 32.0 Å². The fourth-order valence-electron chi connectivity index (χ4n) is 3.11. The smallest absolute Gasteiger partial charge is 0.325 e. The van der Waals surface area contributed by atoms with E-state index >= 15 is 0 Å². The van der Waals surface area contributed by atoms with Crippen molar-refractivity contribution in [2.45, 2.75) is 18.9 Å². The van der Waals surface area contributed by atoms with Gasteiger partial charge in [-0.2, -0.15) is 26.3 Å². The summed E-state index contributed by atoms with van der Waals surface area (Å²) in [6.45, 7) is -0.742. The van der Waals surface area contributed by atoms with E-state index in [0.717, 1.165) is 0 Å². The van der Waals surface area contributed by atoms with Gasteiger partial charge in [0.25, 0.3) is 5.91 Å². The molecule has 0 heterocycles. The molecule has 37 heavy (non-hydrogen) atoms. The summed E-state index contributed by atoms with van der Waals surface area (Å²) >= 11 is 0. The number of carbonyl (C=O) groups excluding carboxylic acids is 2. The van der Waals surface area contributed by atoms with E-state index in [1.165, 1.54) is 0 Å². The van der Waals surface area contributed by atoms with Crippen molar-refractivity contribution in [3.8, 4) is 12.0 Å². The van der Waals surface area contributed by atoms with Gasteiger partial charge in [0, 0.05) is 29.4 Å². The van der Waals surface area contributed by atoms with Crippen LogP contribution in [0.25, 0.3) is 0 Å². The number of benzene rings is 3. The van der Waals surface area contributed by atoms with Crippen LogP contribution in [-0.4, -0.2) is 18.4 Å². The lowest BCUT2D eigenvalue weighted by Gasteiger charge is -2.14. The number of rotatable bonds is 6. The highest BCUT2D eigenvalue weighted by atomic mass is 19.4. The summed E-state index contributed by atoms with van der Waals surface area (Å²) < 4.78 is 77.7. The zero-order valence-corrected chi connectivity index (χ0v) is 18.9. The van der Waals surface area contributed by atoms with Gasteiger partial charge in [-0.25, -0.2) is 0 Å². The summed E-state index contributed by atoms with van der Waals surface area (Å²) in [6.07, 6.45) is -9.89. The molecule has 3 aromatic carbocycles. The molecular weight excluding hydrogens is 500 g/mol. The molecule has 0 aliphatic rings. The average Bonchev–Trinajstić information content (AvgIpc) is 2.84. The summed E-state index contributed by atoms with van der Waals surface area (Å²) in [7, 11) is 0. The molecule has 0 radical (unpaired) electrons. The lowest BCUT2D eigenvalue weighted by atomic mass is 10.0. The minimum absolute atomic E-state index is 0.0431. The van der Waals surface area contributed by atoms with Crippen LogP contribution in [0.5, 0.6) is 0 Å². The topological polar surface area (TPSA) is 70.2 Å². The number of hydrogen-bond donors (Lipinski definition) is 3. The molecule has 2 amide bonds. The second-order valence-electron chi connectivity index (χ2n) is 7.71. The van der Waals surface area contributed by atoms with Gasteiger partial charge in [-0.15, -0.1) is 0 Å². The van der Waals surface area contributed by atoms with Gasteiger partial charge in [0.05, 0.1) is 17.7 Å². The van der Waals surface area contributed by atoms with Crippen LogP contribution in [0, 0.1) is 12.0 Å². The molecule has 0 fully saturated rings. The third-order valence-corrected chi connectivity index (χ3v) is 4.85. The number of anilines is 1. The molecular formula is C26H19F6N3O2. The number of carbonyl (C=O) groups is 2. The largest absolute Gasteiger partial charge is 0.416 e. The fourth-order valence-corrected chi connectivity index (χ4v) is 3.11. The maximum absolute atomic E-state index is 13.0. The first-order valence-electron chi connectivity index (χ1n) is 10.7. The molecule has 3 aromatic rings. The Morgan fingerprint density at radius 1 is 0.784 bits per heavy atom. The van der Waals surface area contributed by atoms with Gasteiger partial charge in [0.15, 0.2) is 0 Å². The van der Waals surface area contributed by atoms with Crippen LogP contribution < -0.4 is 16.0 Å². The molecule has 0 bridgehead atoms. The molecule has 0 aliphatic heterocycles. The Morgan fingerprint density at radius 3 is 1.95 bits per heavy atom. The maximum Gasteiger partial charge on any atom is 0.416 e. The summed E-state index contributed by atoms with van der Waals surface area (Å²) in [6, 6.07) is 18.6. The Kier molecular flexibility index (Phi) is 8.57. The normalized spacial score (nSPS) is 11.3. The van der Waals surface area contributed by atoms with Gasteiger partial charge >= 0.3 is 12.4 Å². The molecule has 0 unspecified atom stereocenters. The van der Waals surface area contributed by atoms with E-state index in [2.05, 4.69) is 27.9 Å². The Labute approximate surface area is 207 Å². The minimum Gasteiger partial charge on any atom is -0.325 e. The number of halogens is 6. The lowest BCUT2D eigenvalue weighted by Crippen LogP contribution is -2.28. The molecule has 3 N–H and O–H groups in total. The van der Waals surface area contributed by atoms with Crippen LogP contribution in [0.2, 0.25) is 0 Å². The van der Waals surface area contributed by atoms with Crippen molar-refractivity contribution in [1.82, 2.24) is 10.6 Å². The first-order valence-corrected chi connectivity index (χ1v) is 10.7. The molecule has 3 rings (SSSR count). The van der Waals surface area contributed by atoms with Gasteiger partial charge < -0.3 is 10.6 Å². The van der Waals surface area contributed by atoms with Crippen LogP contribution in [-0.2, 0) is 23.7 Å². The standard InChI is InChI=1S/C26H19F6N3O2/c27-25(28,29)20-12-18(13-21(14-20)26(30,31)32)15-33-16-23(36)35-22-8-6-17(7-9-22)10-11-34-24(37)19-4-2-1-3-5-19/h1-9,12-14,33H,15-16H2,(H,34,37)(H,35,36). The first kappa shape index (κ1) is 27.3. The monoisotopic (exact) mass is 519 g/mol. The summed E-state index contributed by atoms with van der Waals surface area (Å²) in [5, 5.41) is 7.53. The van der Waals surface area contributed by atoms with E-state index in [4.69, 9.17) is 0 Å². The summed E-state index contributed by atoms with van der Waals surface area (Å²) in [5.41, 5.74) is -1.72. The van der Waals surface area contributed by atoms with Crippen molar-refractivity contribution < 1.29 is 35.9 Å². The van der Waals surface area contributed by atoms with Gasteiger partial charge in [0.2, 0.25) is 5.91 Å². The highest BCUT2D eigenvalue weighted by molar-refractivity contribution is 5.95. The Hall–Kier alpha value is -4.30. The van der Waals surface area contributed by atoms with Crippen molar-refractivity contribution in [3.63, 3.8) is 0 Å². The molecule has 5 nitrogen and oxygen atoms in total. The van der Waals surface area contributed by atoms with E-state index in [0.29, 0.717) is 28.9 Å². The second-order valence-corrected chi connectivity index (χ2v) is 7.71. The van der Waals surface area contributed by atoms with Crippen LogP contribution in [0.3, 0.4) is 0 Å². The molecule has 0 atom stereocenters. The predicted molar refractivity (Wildman–Crippen MR) is 124 cm³/mol. The predicted octanol–water partition coefficient (Wildman–Crippen LogP) is 5.19. The highest BCUT2D eigenvalue weighted by Crippen LogP contribution is 2.36. The fraction of sp³-hybridized carbons (Fsp3) is 0.154. The maximum atomic E-state index is 13.0. The van der Waals surface area contributed by atoms with E-state index in [-0.39, 0.29) is 30.6 Å². The Balaban J connectivity index is 1.51. The molecule has 0 saturated carbocycles. The third kappa shape index (κ3) is 8.40. The molecule has 0 aromatic heterocycles. The second kappa shape index (κ2) is 11.6. The number of nitrogens with one attached hydrogen (secondary N) is 3. The Bertz CT molecular complexity index is 1280. The van der Waals surface area contributed by atoms with E-state index < -0.39 is 29.4 Å². The third-order valence-electron chi connectivity index (χ3n) is 4.85. The first-order chi connectivity index (χ1) is 17.4. The number of amides is 2. The van der Waals surface area contributed by atoms with E-state index in [1.807, 2.05) is 0 Å². The van der Waals surface area contributed by atoms with Gasteiger partial charge in [-0.1, -0.05) is 18.2 Å². The molecule has 0 saturated heterocycles. The number of alkyl halides is 6. The molecule has 0 aliphatic carbocycles. The van der Waals surface area contributed by atoms with Crippen molar-refractivity contribution in [1.29, 1.82) is 0 Å². The average molecular weight is 519 g/mol. The van der Waals surface area contributed by atoms with Gasteiger partial charge in [0.1, 0.15) is 0 Å². The zero-order valence-electron chi connectivity index (χ0n) is 18.9. The number of hydrogen-bond acceptors (Lipinski definition) is 3.